The minimum atomic E-state index is -0.505. The molecule has 2 rings (SSSR count). The molecule has 0 fully saturated rings. The molecule has 0 saturated carbocycles. The fourth-order valence-corrected chi connectivity index (χ4v) is 2.25. The second-order valence-corrected chi connectivity index (χ2v) is 5.30. The maximum absolute atomic E-state index is 11.9. The zero-order chi connectivity index (χ0) is 15.4. The molecule has 0 saturated heterocycles. The van der Waals surface area contributed by atoms with Gasteiger partial charge in [-0.1, -0.05) is 32.4 Å². The van der Waals surface area contributed by atoms with E-state index in [4.69, 9.17) is 5.73 Å². The number of carbonyl (C=O) groups excluding carboxylic acids is 1. The maximum Gasteiger partial charge on any atom is 0.326 e. The van der Waals surface area contributed by atoms with Crippen LogP contribution in [0.5, 0.6) is 0 Å². The van der Waals surface area contributed by atoms with Crippen LogP contribution in [0.4, 0.5) is 0 Å². The first-order valence-corrected chi connectivity index (χ1v) is 7.25. The van der Waals surface area contributed by atoms with Gasteiger partial charge in [0.15, 0.2) is 0 Å². The number of imidazole rings is 1. The van der Waals surface area contributed by atoms with Crippen LogP contribution in [-0.4, -0.2) is 28.0 Å². The van der Waals surface area contributed by atoms with Crippen molar-refractivity contribution in [3.63, 3.8) is 0 Å². The van der Waals surface area contributed by atoms with E-state index in [1.807, 2.05) is 38.1 Å². The zero-order valence-electron chi connectivity index (χ0n) is 12.8. The molecule has 1 amide bonds. The number of halogens is 1. The van der Waals surface area contributed by atoms with E-state index in [1.165, 1.54) is 0 Å². The van der Waals surface area contributed by atoms with E-state index in [-0.39, 0.29) is 29.9 Å². The summed E-state index contributed by atoms with van der Waals surface area (Å²) in [4.78, 5) is 26.5. The first-order valence-electron chi connectivity index (χ1n) is 7.25. The first kappa shape index (κ1) is 18.3. The second kappa shape index (κ2) is 8.00. The molecule has 22 heavy (non-hydrogen) atoms. The molecule has 0 aliphatic rings. The van der Waals surface area contributed by atoms with E-state index in [9.17, 15) is 9.59 Å². The summed E-state index contributed by atoms with van der Waals surface area (Å²) in [6.45, 7) is 4.75. The summed E-state index contributed by atoms with van der Waals surface area (Å²) in [7, 11) is 0. The normalized spacial score (nSPS) is 13.4. The maximum atomic E-state index is 11.9. The smallest absolute Gasteiger partial charge is 0.326 e. The van der Waals surface area contributed by atoms with E-state index in [2.05, 4.69) is 10.3 Å². The van der Waals surface area contributed by atoms with Crippen LogP contribution >= 0.6 is 12.4 Å². The second-order valence-electron chi connectivity index (χ2n) is 5.30. The largest absolute Gasteiger partial charge is 0.353 e. The molecule has 0 spiro atoms. The van der Waals surface area contributed by atoms with Gasteiger partial charge in [-0.15, -0.1) is 12.4 Å². The van der Waals surface area contributed by atoms with Crippen molar-refractivity contribution in [2.45, 2.75) is 32.9 Å². The van der Waals surface area contributed by atoms with Gasteiger partial charge in [-0.25, -0.2) is 4.79 Å². The predicted octanol–water partition coefficient (Wildman–Crippen LogP) is 1.24. The standard InChI is InChI=1S/C15H22N4O2.ClH/c1-3-10(2)13(16)14(20)17-8-9-19-12-7-5-4-6-11(12)18-15(19)21;/h4-7,10,13H,3,8-9,16H2,1-2H3,(H,17,20)(H,18,21);1H. The Bertz CT molecular complexity index is 679. The fourth-order valence-electron chi connectivity index (χ4n) is 2.25. The summed E-state index contributed by atoms with van der Waals surface area (Å²) < 4.78 is 1.62. The van der Waals surface area contributed by atoms with Crippen molar-refractivity contribution in [2.24, 2.45) is 11.7 Å². The number of nitrogens with one attached hydrogen (secondary N) is 2. The molecule has 0 bridgehead atoms. The van der Waals surface area contributed by atoms with Crippen LogP contribution in [0, 0.1) is 5.92 Å². The van der Waals surface area contributed by atoms with Crippen molar-refractivity contribution in [1.82, 2.24) is 14.9 Å². The Hall–Kier alpha value is -1.79. The molecule has 2 unspecified atom stereocenters. The molecule has 122 valence electrons. The van der Waals surface area contributed by atoms with E-state index in [0.29, 0.717) is 13.1 Å². The molecular weight excluding hydrogens is 304 g/mol. The fraction of sp³-hybridized carbons (Fsp3) is 0.467. The van der Waals surface area contributed by atoms with Crippen LogP contribution < -0.4 is 16.7 Å². The lowest BCUT2D eigenvalue weighted by Gasteiger charge is -2.17. The zero-order valence-corrected chi connectivity index (χ0v) is 13.7. The average molecular weight is 327 g/mol. The van der Waals surface area contributed by atoms with Crippen LogP contribution in [0.3, 0.4) is 0 Å². The first-order chi connectivity index (χ1) is 10.0. The quantitative estimate of drug-likeness (QED) is 0.745. The Morgan fingerprint density at radius 3 is 2.77 bits per heavy atom. The Labute approximate surface area is 135 Å². The van der Waals surface area contributed by atoms with Crippen molar-refractivity contribution in [2.75, 3.05) is 6.54 Å². The van der Waals surface area contributed by atoms with Crippen molar-refractivity contribution in [1.29, 1.82) is 0 Å². The van der Waals surface area contributed by atoms with Crippen LogP contribution in [0.1, 0.15) is 20.3 Å². The number of amides is 1. The summed E-state index contributed by atoms with van der Waals surface area (Å²) in [5, 5.41) is 2.79. The molecule has 2 atom stereocenters. The van der Waals surface area contributed by atoms with E-state index in [0.717, 1.165) is 17.5 Å². The SMILES string of the molecule is CCC(C)C(N)C(=O)NCCn1c(=O)[nH]c2ccccc21.Cl. The number of hydrogen-bond donors (Lipinski definition) is 3. The van der Waals surface area contributed by atoms with Gasteiger partial charge in [0.25, 0.3) is 0 Å². The minimum absolute atomic E-state index is 0. The Kier molecular flexibility index (Phi) is 6.64. The lowest BCUT2D eigenvalue weighted by molar-refractivity contribution is -0.123. The van der Waals surface area contributed by atoms with E-state index >= 15 is 0 Å². The number of rotatable bonds is 6. The van der Waals surface area contributed by atoms with Crippen molar-refractivity contribution >= 4 is 29.3 Å². The van der Waals surface area contributed by atoms with E-state index in [1.54, 1.807) is 4.57 Å². The van der Waals surface area contributed by atoms with Gasteiger partial charge in [0.05, 0.1) is 17.1 Å². The van der Waals surface area contributed by atoms with Gasteiger partial charge in [-0.05, 0) is 18.1 Å². The Balaban J connectivity index is 0.00000242. The molecule has 0 aliphatic carbocycles. The summed E-state index contributed by atoms with van der Waals surface area (Å²) in [5.41, 5.74) is 7.33. The summed E-state index contributed by atoms with van der Waals surface area (Å²) in [6, 6.07) is 6.97. The lowest BCUT2D eigenvalue weighted by atomic mass is 9.99. The molecule has 7 heteroatoms. The van der Waals surface area contributed by atoms with Crippen LogP contribution in [-0.2, 0) is 11.3 Å². The minimum Gasteiger partial charge on any atom is -0.353 e. The third kappa shape index (κ3) is 3.90. The third-order valence-corrected chi connectivity index (χ3v) is 3.88. The van der Waals surface area contributed by atoms with Crippen molar-refractivity contribution in [3.8, 4) is 0 Å². The van der Waals surface area contributed by atoms with Crippen molar-refractivity contribution < 1.29 is 4.79 Å². The summed E-state index contributed by atoms with van der Waals surface area (Å²) >= 11 is 0. The average Bonchev–Trinajstić information content (AvgIpc) is 2.81. The Morgan fingerprint density at radius 2 is 2.09 bits per heavy atom. The number of hydrogen-bond acceptors (Lipinski definition) is 3. The number of nitrogens with two attached hydrogens (primary N) is 1. The predicted molar refractivity (Wildman–Crippen MR) is 90.2 cm³/mol. The Morgan fingerprint density at radius 1 is 1.41 bits per heavy atom. The number of fused-ring (bicyclic) bond motifs is 1. The van der Waals surface area contributed by atoms with Gasteiger partial charge < -0.3 is 16.0 Å². The molecule has 1 aromatic carbocycles. The lowest BCUT2D eigenvalue weighted by Crippen LogP contribution is -2.45. The highest BCUT2D eigenvalue weighted by molar-refractivity contribution is 5.85. The monoisotopic (exact) mass is 326 g/mol. The van der Waals surface area contributed by atoms with Gasteiger partial charge in [0.1, 0.15) is 0 Å². The van der Waals surface area contributed by atoms with Crippen LogP contribution in [0.2, 0.25) is 0 Å². The number of para-hydroxylation sites is 2. The topological polar surface area (TPSA) is 92.9 Å². The van der Waals surface area contributed by atoms with Gasteiger partial charge >= 0.3 is 5.69 Å². The highest BCUT2D eigenvalue weighted by atomic mass is 35.5. The molecule has 6 nitrogen and oxygen atoms in total. The molecule has 2 aromatic rings. The molecule has 0 radical (unpaired) electrons. The molecule has 0 aliphatic heterocycles. The number of aromatic nitrogens is 2. The van der Waals surface area contributed by atoms with Gasteiger partial charge in [0, 0.05) is 13.1 Å². The highest BCUT2D eigenvalue weighted by Crippen LogP contribution is 2.08. The molecular formula is C15H23ClN4O2. The molecule has 1 heterocycles. The van der Waals surface area contributed by atoms with Crippen LogP contribution in [0.15, 0.2) is 29.1 Å². The van der Waals surface area contributed by atoms with Crippen molar-refractivity contribution in [3.05, 3.63) is 34.7 Å². The van der Waals surface area contributed by atoms with Crippen LogP contribution in [0.25, 0.3) is 11.0 Å². The van der Waals surface area contributed by atoms with Gasteiger partial charge in [-0.3, -0.25) is 9.36 Å². The number of benzene rings is 1. The van der Waals surface area contributed by atoms with E-state index < -0.39 is 6.04 Å². The summed E-state index contributed by atoms with van der Waals surface area (Å²) in [5.74, 6) is -0.0296. The molecule has 1 aromatic heterocycles. The number of carbonyl (C=O) groups is 1. The number of nitrogens with zero attached hydrogens (tertiary/aromatic N) is 1. The van der Waals surface area contributed by atoms with Gasteiger partial charge in [-0.2, -0.15) is 0 Å². The summed E-state index contributed by atoms with van der Waals surface area (Å²) in [6.07, 6.45) is 0.858. The highest BCUT2D eigenvalue weighted by Gasteiger charge is 2.18. The number of aromatic amines is 1. The van der Waals surface area contributed by atoms with Gasteiger partial charge in [0.2, 0.25) is 5.91 Å². The third-order valence-electron chi connectivity index (χ3n) is 3.88. The molecule has 4 N–H and O–H groups in total. The number of H-pyrrole nitrogens is 1.